The molecule has 0 bridgehead atoms. The molecular weight excluding hydrogens is 244 g/mol. The number of hydrogen-bond donors (Lipinski definition) is 0. The van der Waals surface area contributed by atoms with Crippen LogP contribution in [0.25, 0.3) is 0 Å². The first kappa shape index (κ1) is 9.93. The van der Waals surface area contributed by atoms with Gasteiger partial charge in [-0.2, -0.15) is 0 Å². The van der Waals surface area contributed by atoms with Crippen LogP contribution in [0.15, 0.2) is 22.8 Å². The number of likely N-dealkylation sites (N-methyl/N-ethyl adjacent to an activating group) is 1. The Balaban J connectivity index is 2.09. The van der Waals surface area contributed by atoms with Crippen LogP contribution >= 0.6 is 15.9 Å². The van der Waals surface area contributed by atoms with Gasteiger partial charge in [-0.05, 0) is 34.5 Å². The summed E-state index contributed by atoms with van der Waals surface area (Å²) in [6.45, 7) is 1.68. The summed E-state index contributed by atoms with van der Waals surface area (Å²) in [6.07, 6.45) is 2.91. The van der Waals surface area contributed by atoms with E-state index >= 15 is 0 Å². The monoisotopic (exact) mass is 256 g/mol. The number of rotatable bonds is 2. The molecule has 1 unspecified atom stereocenters. The minimum atomic E-state index is 0.476. The first-order valence-corrected chi connectivity index (χ1v) is 5.49. The van der Waals surface area contributed by atoms with Gasteiger partial charge in [0, 0.05) is 24.3 Å². The zero-order valence-corrected chi connectivity index (χ0v) is 9.70. The quantitative estimate of drug-likeness (QED) is 0.811. The van der Waals surface area contributed by atoms with Crippen LogP contribution in [0.3, 0.4) is 0 Å². The fourth-order valence-corrected chi connectivity index (χ4v) is 1.83. The molecule has 1 aliphatic rings. The average molecular weight is 257 g/mol. The highest BCUT2D eigenvalue weighted by atomic mass is 79.9. The number of nitrogens with zero attached hydrogens (tertiary/aromatic N) is 2. The standard InChI is InChI=1S/C10H13BrN2O/c1-13(9-4-5-14-7-9)10-3-2-8(11)6-12-10/h2-3,6,9H,4-5,7H2,1H3. The second-order valence-corrected chi connectivity index (χ2v) is 4.38. The van der Waals surface area contributed by atoms with E-state index in [1.165, 1.54) is 0 Å². The van der Waals surface area contributed by atoms with Crippen molar-refractivity contribution < 1.29 is 4.74 Å². The molecule has 2 rings (SSSR count). The van der Waals surface area contributed by atoms with Crippen LogP contribution < -0.4 is 4.90 Å². The molecule has 1 aromatic rings. The van der Waals surface area contributed by atoms with Gasteiger partial charge >= 0.3 is 0 Å². The highest BCUT2D eigenvalue weighted by molar-refractivity contribution is 9.10. The summed E-state index contributed by atoms with van der Waals surface area (Å²) in [6, 6.07) is 4.50. The molecule has 0 N–H and O–H groups in total. The predicted octanol–water partition coefficient (Wildman–Crippen LogP) is 2.07. The number of halogens is 1. The first-order valence-electron chi connectivity index (χ1n) is 4.69. The van der Waals surface area contributed by atoms with Gasteiger partial charge in [-0.1, -0.05) is 0 Å². The third kappa shape index (κ3) is 2.07. The Morgan fingerprint density at radius 1 is 1.57 bits per heavy atom. The number of aromatic nitrogens is 1. The van der Waals surface area contributed by atoms with Gasteiger partial charge in [-0.25, -0.2) is 4.98 Å². The maximum absolute atomic E-state index is 5.34. The molecule has 0 amide bonds. The van der Waals surface area contributed by atoms with E-state index in [-0.39, 0.29) is 0 Å². The lowest BCUT2D eigenvalue weighted by Crippen LogP contribution is -2.32. The van der Waals surface area contributed by atoms with Crippen molar-refractivity contribution in [2.45, 2.75) is 12.5 Å². The van der Waals surface area contributed by atoms with Crippen molar-refractivity contribution in [3.63, 3.8) is 0 Å². The molecule has 1 aromatic heterocycles. The van der Waals surface area contributed by atoms with E-state index < -0.39 is 0 Å². The van der Waals surface area contributed by atoms with E-state index in [1.807, 2.05) is 18.3 Å². The minimum absolute atomic E-state index is 0.476. The van der Waals surface area contributed by atoms with Crippen LogP contribution in [-0.2, 0) is 4.74 Å². The number of anilines is 1. The molecule has 0 radical (unpaired) electrons. The second kappa shape index (κ2) is 4.28. The summed E-state index contributed by atoms with van der Waals surface area (Å²) >= 11 is 3.37. The van der Waals surface area contributed by atoms with E-state index in [0.29, 0.717) is 6.04 Å². The van der Waals surface area contributed by atoms with Gasteiger partial charge in [0.15, 0.2) is 0 Å². The molecule has 0 spiro atoms. The summed E-state index contributed by atoms with van der Waals surface area (Å²) in [5, 5.41) is 0. The predicted molar refractivity (Wildman–Crippen MR) is 59.6 cm³/mol. The lowest BCUT2D eigenvalue weighted by molar-refractivity contribution is 0.193. The summed E-state index contributed by atoms with van der Waals surface area (Å²) in [4.78, 5) is 6.53. The average Bonchev–Trinajstić information content (AvgIpc) is 2.71. The Bertz CT molecular complexity index is 295. The van der Waals surface area contributed by atoms with Crippen molar-refractivity contribution in [1.82, 2.24) is 4.98 Å². The normalized spacial score (nSPS) is 21.1. The highest BCUT2D eigenvalue weighted by Crippen LogP contribution is 2.19. The van der Waals surface area contributed by atoms with E-state index in [9.17, 15) is 0 Å². The molecule has 0 saturated carbocycles. The van der Waals surface area contributed by atoms with Gasteiger partial charge in [0.25, 0.3) is 0 Å². The minimum Gasteiger partial charge on any atom is -0.379 e. The molecule has 0 aliphatic carbocycles. The molecule has 1 atom stereocenters. The molecule has 14 heavy (non-hydrogen) atoms. The molecule has 1 aliphatic heterocycles. The largest absolute Gasteiger partial charge is 0.379 e. The van der Waals surface area contributed by atoms with E-state index in [1.54, 1.807) is 0 Å². The third-order valence-electron chi connectivity index (χ3n) is 2.53. The Morgan fingerprint density at radius 3 is 3.00 bits per heavy atom. The van der Waals surface area contributed by atoms with Gasteiger partial charge in [0.2, 0.25) is 0 Å². The summed E-state index contributed by atoms with van der Waals surface area (Å²) < 4.78 is 6.36. The molecule has 2 heterocycles. The molecule has 1 saturated heterocycles. The summed E-state index contributed by atoms with van der Waals surface area (Å²) in [5.41, 5.74) is 0. The van der Waals surface area contributed by atoms with E-state index in [2.05, 4.69) is 32.9 Å². The Kier molecular flexibility index (Phi) is 3.03. The van der Waals surface area contributed by atoms with Gasteiger partial charge < -0.3 is 9.64 Å². The fraction of sp³-hybridized carbons (Fsp3) is 0.500. The number of ether oxygens (including phenoxy) is 1. The molecule has 1 fully saturated rings. The molecule has 3 nitrogen and oxygen atoms in total. The summed E-state index contributed by atoms with van der Waals surface area (Å²) in [7, 11) is 2.07. The van der Waals surface area contributed by atoms with Crippen molar-refractivity contribution >= 4 is 21.7 Å². The molecule has 76 valence electrons. The number of hydrogen-bond acceptors (Lipinski definition) is 3. The van der Waals surface area contributed by atoms with Crippen molar-refractivity contribution in [2.24, 2.45) is 0 Å². The van der Waals surface area contributed by atoms with Crippen LogP contribution in [0.2, 0.25) is 0 Å². The van der Waals surface area contributed by atoms with Crippen LogP contribution in [0.4, 0.5) is 5.82 Å². The Hall–Kier alpha value is -0.610. The van der Waals surface area contributed by atoms with Gasteiger partial charge in [0.05, 0.1) is 12.6 Å². The van der Waals surface area contributed by atoms with Gasteiger partial charge in [-0.15, -0.1) is 0 Å². The molecule has 0 aromatic carbocycles. The van der Waals surface area contributed by atoms with Crippen LogP contribution in [-0.4, -0.2) is 31.3 Å². The van der Waals surface area contributed by atoms with Crippen molar-refractivity contribution in [3.8, 4) is 0 Å². The van der Waals surface area contributed by atoms with Crippen LogP contribution in [0.1, 0.15) is 6.42 Å². The first-order chi connectivity index (χ1) is 6.77. The lowest BCUT2D eigenvalue weighted by Gasteiger charge is -2.23. The van der Waals surface area contributed by atoms with Crippen LogP contribution in [0.5, 0.6) is 0 Å². The topological polar surface area (TPSA) is 25.4 Å². The SMILES string of the molecule is CN(c1ccc(Br)cn1)C1CCOC1. The second-order valence-electron chi connectivity index (χ2n) is 3.46. The van der Waals surface area contributed by atoms with Crippen molar-refractivity contribution in [3.05, 3.63) is 22.8 Å². The zero-order valence-electron chi connectivity index (χ0n) is 8.11. The van der Waals surface area contributed by atoms with Gasteiger partial charge in [-0.3, -0.25) is 0 Å². The third-order valence-corrected chi connectivity index (χ3v) is 3.00. The van der Waals surface area contributed by atoms with E-state index in [0.717, 1.165) is 29.9 Å². The van der Waals surface area contributed by atoms with Crippen molar-refractivity contribution in [2.75, 3.05) is 25.2 Å². The Labute approximate surface area is 92.2 Å². The maximum atomic E-state index is 5.34. The highest BCUT2D eigenvalue weighted by Gasteiger charge is 2.20. The van der Waals surface area contributed by atoms with Gasteiger partial charge in [0.1, 0.15) is 5.82 Å². The fourth-order valence-electron chi connectivity index (χ4n) is 1.59. The molecule has 4 heteroatoms. The summed E-state index contributed by atoms with van der Waals surface area (Å²) in [5.74, 6) is 1.00. The lowest BCUT2D eigenvalue weighted by atomic mass is 10.2. The van der Waals surface area contributed by atoms with Crippen molar-refractivity contribution in [1.29, 1.82) is 0 Å². The van der Waals surface area contributed by atoms with Crippen LogP contribution in [0, 0.1) is 0 Å². The Morgan fingerprint density at radius 2 is 2.43 bits per heavy atom. The maximum Gasteiger partial charge on any atom is 0.128 e. The molecular formula is C10H13BrN2O. The number of pyridine rings is 1. The van der Waals surface area contributed by atoms with E-state index in [4.69, 9.17) is 4.74 Å². The smallest absolute Gasteiger partial charge is 0.128 e. The zero-order chi connectivity index (χ0) is 9.97.